The molecule has 0 bridgehead atoms. The number of H-pyrrole nitrogens is 1. The molecular weight excluding hydrogens is 318 g/mol. The maximum Gasteiger partial charge on any atom is 0.255 e. The zero-order valence-electron chi connectivity index (χ0n) is 13.7. The highest BCUT2D eigenvalue weighted by Gasteiger charge is 2.26. The Morgan fingerprint density at radius 1 is 1.32 bits per heavy atom. The number of carbonyl (C=O) groups is 1. The Balaban J connectivity index is 1.75. The Morgan fingerprint density at radius 2 is 2.20 bits per heavy atom. The maximum atomic E-state index is 12.5. The molecule has 2 heterocycles. The van der Waals surface area contributed by atoms with Crippen LogP contribution in [0.1, 0.15) is 34.6 Å². The predicted octanol–water partition coefficient (Wildman–Crippen LogP) is 2.42. The van der Waals surface area contributed by atoms with Gasteiger partial charge in [-0.1, -0.05) is 0 Å². The number of rotatable bonds is 5. The zero-order chi connectivity index (χ0) is 17.2. The molecule has 1 fully saturated rings. The summed E-state index contributed by atoms with van der Waals surface area (Å²) in [6.07, 6.45) is 10.6. The van der Waals surface area contributed by atoms with E-state index in [4.69, 9.17) is 4.74 Å². The summed E-state index contributed by atoms with van der Waals surface area (Å²) < 4.78 is 5.55. The van der Waals surface area contributed by atoms with Gasteiger partial charge >= 0.3 is 0 Å². The number of aromatic nitrogens is 4. The molecular formula is C18H17N5O2. The summed E-state index contributed by atoms with van der Waals surface area (Å²) in [7, 11) is 1.56. The molecule has 25 heavy (non-hydrogen) atoms. The number of benzene rings is 1. The minimum absolute atomic E-state index is 0.119. The first kappa shape index (κ1) is 15.3. The van der Waals surface area contributed by atoms with Crippen molar-refractivity contribution in [1.29, 1.82) is 0 Å². The molecule has 7 nitrogen and oxygen atoms in total. The van der Waals surface area contributed by atoms with Gasteiger partial charge in [0.2, 0.25) is 0 Å². The van der Waals surface area contributed by atoms with E-state index in [0.717, 1.165) is 29.4 Å². The maximum absolute atomic E-state index is 12.5. The number of ether oxygens (including phenoxy) is 1. The number of hydrogen-bond acceptors (Lipinski definition) is 5. The summed E-state index contributed by atoms with van der Waals surface area (Å²) in [4.78, 5) is 20.7. The molecule has 1 aromatic carbocycles. The van der Waals surface area contributed by atoms with Gasteiger partial charge in [-0.25, -0.2) is 0 Å². The van der Waals surface area contributed by atoms with Crippen LogP contribution in [0.5, 0.6) is 5.75 Å². The fraction of sp³-hybridized carbons (Fsp3) is 0.222. The standard InChI is InChI=1S/C18H17N5O2/c1-25-17-13(18(24)21-11-2-3-11)5-7-15-16(17)14(22-23-15)6-4-12-10-19-8-9-20-12/h4-11H,2-3H2,1H3,(H,21,24)(H,22,23)/b6-4+. The lowest BCUT2D eigenvalue weighted by Gasteiger charge is -2.10. The third kappa shape index (κ3) is 3.08. The Hall–Kier alpha value is -3.22. The SMILES string of the molecule is COc1c(C(=O)NC2CC2)ccc2[nH]nc(/C=C/c3cnccn3)c12. The minimum atomic E-state index is -0.119. The van der Waals surface area contributed by atoms with Crippen LogP contribution < -0.4 is 10.1 Å². The number of carbonyl (C=O) groups excluding carboxylic acids is 1. The van der Waals surface area contributed by atoms with Crippen molar-refractivity contribution in [2.24, 2.45) is 0 Å². The second-order valence-electron chi connectivity index (χ2n) is 5.89. The Bertz CT molecular complexity index is 945. The number of hydrogen-bond donors (Lipinski definition) is 2. The van der Waals surface area contributed by atoms with E-state index in [-0.39, 0.29) is 11.9 Å². The number of amides is 1. The van der Waals surface area contributed by atoms with Crippen molar-refractivity contribution in [3.05, 3.63) is 47.7 Å². The Morgan fingerprint density at radius 3 is 2.92 bits per heavy atom. The second-order valence-corrected chi connectivity index (χ2v) is 5.89. The van der Waals surface area contributed by atoms with E-state index < -0.39 is 0 Å². The highest BCUT2D eigenvalue weighted by Crippen LogP contribution is 2.32. The van der Waals surface area contributed by atoms with Gasteiger partial charge in [-0.05, 0) is 37.1 Å². The van der Waals surface area contributed by atoms with Crippen LogP contribution in [0.3, 0.4) is 0 Å². The highest BCUT2D eigenvalue weighted by molar-refractivity contribution is 6.05. The van der Waals surface area contributed by atoms with Crippen molar-refractivity contribution in [3.63, 3.8) is 0 Å². The average Bonchev–Trinajstić information content (AvgIpc) is 3.36. The van der Waals surface area contributed by atoms with E-state index in [1.54, 1.807) is 31.8 Å². The zero-order valence-corrected chi connectivity index (χ0v) is 13.7. The number of nitrogens with zero attached hydrogens (tertiary/aromatic N) is 3. The molecule has 0 saturated heterocycles. The van der Waals surface area contributed by atoms with Crippen molar-refractivity contribution < 1.29 is 9.53 Å². The summed E-state index contributed by atoms with van der Waals surface area (Å²) in [5.74, 6) is 0.398. The first-order valence-corrected chi connectivity index (χ1v) is 8.06. The first-order chi connectivity index (χ1) is 12.3. The molecule has 4 rings (SSSR count). The number of nitrogens with one attached hydrogen (secondary N) is 2. The smallest absolute Gasteiger partial charge is 0.255 e. The lowest BCUT2D eigenvalue weighted by Crippen LogP contribution is -2.25. The van der Waals surface area contributed by atoms with E-state index in [0.29, 0.717) is 17.0 Å². The van der Waals surface area contributed by atoms with E-state index in [1.165, 1.54) is 0 Å². The second kappa shape index (κ2) is 6.35. The van der Waals surface area contributed by atoms with Crippen LogP contribution in [0, 0.1) is 0 Å². The van der Waals surface area contributed by atoms with Crippen molar-refractivity contribution >= 4 is 29.0 Å². The molecule has 2 N–H and O–H groups in total. The Kier molecular flexibility index (Phi) is 3.89. The molecule has 3 aromatic rings. The Labute approximate surface area is 144 Å². The van der Waals surface area contributed by atoms with Gasteiger partial charge < -0.3 is 10.1 Å². The summed E-state index contributed by atoms with van der Waals surface area (Å²) in [6.45, 7) is 0. The van der Waals surface area contributed by atoms with E-state index in [2.05, 4.69) is 25.5 Å². The fourth-order valence-electron chi connectivity index (χ4n) is 2.67. The number of aromatic amines is 1. The molecule has 7 heteroatoms. The van der Waals surface area contributed by atoms with Gasteiger partial charge in [0.25, 0.3) is 5.91 Å². The predicted molar refractivity (Wildman–Crippen MR) is 94.1 cm³/mol. The molecule has 0 aliphatic heterocycles. The van der Waals surface area contributed by atoms with E-state index in [9.17, 15) is 4.79 Å². The molecule has 0 atom stereocenters. The molecule has 1 amide bonds. The summed E-state index contributed by atoms with van der Waals surface area (Å²) in [6, 6.07) is 3.88. The van der Waals surface area contributed by atoms with Gasteiger partial charge in [0, 0.05) is 18.4 Å². The molecule has 0 spiro atoms. The fourth-order valence-corrected chi connectivity index (χ4v) is 2.67. The van der Waals surface area contributed by atoms with Crippen LogP contribution >= 0.6 is 0 Å². The molecule has 1 saturated carbocycles. The molecule has 0 radical (unpaired) electrons. The van der Waals surface area contributed by atoms with Crippen LogP contribution in [0.25, 0.3) is 23.1 Å². The summed E-state index contributed by atoms with van der Waals surface area (Å²) in [5, 5.41) is 11.1. The van der Waals surface area contributed by atoms with Crippen LogP contribution in [-0.4, -0.2) is 39.2 Å². The molecule has 0 unspecified atom stereocenters. The third-order valence-corrected chi connectivity index (χ3v) is 4.07. The van der Waals surface area contributed by atoms with Gasteiger partial charge in [-0.3, -0.25) is 19.9 Å². The van der Waals surface area contributed by atoms with Crippen molar-refractivity contribution in [1.82, 2.24) is 25.5 Å². The van der Waals surface area contributed by atoms with Gasteiger partial charge in [-0.2, -0.15) is 5.10 Å². The quantitative estimate of drug-likeness (QED) is 0.747. The average molecular weight is 335 g/mol. The van der Waals surface area contributed by atoms with Crippen molar-refractivity contribution in [3.8, 4) is 5.75 Å². The third-order valence-electron chi connectivity index (χ3n) is 4.07. The summed E-state index contributed by atoms with van der Waals surface area (Å²) >= 11 is 0. The summed E-state index contributed by atoms with van der Waals surface area (Å²) in [5.41, 5.74) is 2.72. The van der Waals surface area contributed by atoms with Crippen LogP contribution in [-0.2, 0) is 0 Å². The minimum Gasteiger partial charge on any atom is -0.495 e. The molecule has 1 aliphatic carbocycles. The lowest BCUT2D eigenvalue weighted by atomic mass is 10.1. The monoisotopic (exact) mass is 335 g/mol. The van der Waals surface area contributed by atoms with Gasteiger partial charge in [-0.15, -0.1) is 0 Å². The number of methoxy groups -OCH3 is 1. The van der Waals surface area contributed by atoms with Gasteiger partial charge in [0.15, 0.2) is 0 Å². The number of fused-ring (bicyclic) bond motifs is 1. The lowest BCUT2D eigenvalue weighted by molar-refractivity contribution is 0.0948. The van der Waals surface area contributed by atoms with Crippen LogP contribution in [0.2, 0.25) is 0 Å². The largest absolute Gasteiger partial charge is 0.495 e. The normalized spacial score (nSPS) is 14.1. The van der Waals surface area contributed by atoms with E-state index in [1.807, 2.05) is 18.2 Å². The van der Waals surface area contributed by atoms with Crippen molar-refractivity contribution in [2.75, 3.05) is 7.11 Å². The molecule has 2 aromatic heterocycles. The topological polar surface area (TPSA) is 92.8 Å². The highest BCUT2D eigenvalue weighted by atomic mass is 16.5. The van der Waals surface area contributed by atoms with Gasteiger partial charge in [0.05, 0.1) is 41.2 Å². The molecule has 1 aliphatic rings. The molecule has 126 valence electrons. The van der Waals surface area contributed by atoms with Crippen LogP contribution in [0.4, 0.5) is 0 Å². The van der Waals surface area contributed by atoms with E-state index >= 15 is 0 Å². The van der Waals surface area contributed by atoms with Crippen LogP contribution in [0.15, 0.2) is 30.7 Å². The first-order valence-electron chi connectivity index (χ1n) is 8.06. The van der Waals surface area contributed by atoms with Gasteiger partial charge in [0.1, 0.15) is 5.75 Å². The van der Waals surface area contributed by atoms with Crippen molar-refractivity contribution in [2.45, 2.75) is 18.9 Å².